The lowest BCUT2D eigenvalue weighted by Gasteiger charge is -2.45. The van der Waals surface area contributed by atoms with Gasteiger partial charge < -0.3 is 14.4 Å². The molecular weight excluding hydrogens is 413 g/mol. The van der Waals surface area contributed by atoms with E-state index in [1.54, 1.807) is 30.7 Å². The minimum Gasteiger partial charge on any atom is -0.473 e. The molecule has 2 aliphatic rings. The van der Waals surface area contributed by atoms with Gasteiger partial charge in [-0.05, 0) is 37.1 Å². The third kappa shape index (κ3) is 4.20. The molecule has 4 heterocycles. The largest absolute Gasteiger partial charge is 0.473 e. The molecule has 0 bridgehead atoms. The van der Waals surface area contributed by atoms with Crippen LogP contribution in [0.5, 0.6) is 5.88 Å². The van der Waals surface area contributed by atoms with Crippen LogP contribution in [0.1, 0.15) is 36.0 Å². The van der Waals surface area contributed by atoms with Gasteiger partial charge in [0.25, 0.3) is 5.91 Å². The lowest BCUT2D eigenvalue weighted by molar-refractivity contribution is -0.135. The Morgan fingerprint density at radius 2 is 2.00 bits per heavy atom. The number of hydrogen-bond donors (Lipinski definition) is 1. The molecule has 0 saturated carbocycles. The average molecular weight is 437 g/mol. The number of aromatic amines is 1. The zero-order valence-corrected chi connectivity index (χ0v) is 17.5. The van der Waals surface area contributed by atoms with Crippen LogP contribution in [0.3, 0.4) is 0 Å². The van der Waals surface area contributed by atoms with Gasteiger partial charge >= 0.3 is 0 Å². The Labute approximate surface area is 184 Å². The van der Waals surface area contributed by atoms with Crippen LogP contribution in [0.25, 0.3) is 11.3 Å². The van der Waals surface area contributed by atoms with Crippen LogP contribution in [-0.2, 0) is 4.74 Å². The Balaban J connectivity index is 1.24. The second-order valence-electron chi connectivity index (χ2n) is 8.27. The highest BCUT2D eigenvalue weighted by molar-refractivity contribution is 5.99. The highest BCUT2D eigenvalue weighted by Crippen LogP contribution is 2.37. The average Bonchev–Trinajstić information content (AvgIpc) is 3.30. The summed E-state index contributed by atoms with van der Waals surface area (Å²) in [5.41, 5.74) is 1.51. The lowest BCUT2D eigenvalue weighted by Crippen LogP contribution is -2.52. The molecule has 3 aromatic rings. The van der Waals surface area contributed by atoms with E-state index in [0.717, 1.165) is 31.2 Å². The van der Waals surface area contributed by atoms with Gasteiger partial charge in [0.05, 0.1) is 35.9 Å². The van der Waals surface area contributed by atoms with Gasteiger partial charge in [-0.15, -0.1) is 0 Å². The highest BCUT2D eigenvalue weighted by atomic mass is 19.1. The maximum Gasteiger partial charge on any atom is 0.257 e. The zero-order valence-electron chi connectivity index (χ0n) is 17.5. The number of rotatable bonds is 4. The Bertz CT molecular complexity index is 1060. The van der Waals surface area contributed by atoms with Gasteiger partial charge in [0.15, 0.2) is 0 Å². The zero-order chi connectivity index (χ0) is 22.0. The minimum atomic E-state index is -0.323. The van der Waals surface area contributed by atoms with Crippen molar-refractivity contribution in [2.45, 2.75) is 37.4 Å². The third-order valence-corrected chi connectivity index (χ3v) is 6.24. The van der Waals surface area contributed by atoms with Crippen LogP contribution >= 0.6 is 0 Å². The summed E-state index contributed by atoms with van der Waals surface area (Å²) < 4.78 is 25.5. The molecule has 1 unspecified atom stereocenters. The van der Waals surface area contributed by atoms with Crippen LogP contribution < -0.4 is 4.74 Å². The SMILES string of the molecule is O=C(c1cn[nH]c1-c1ccc(F)cc1)N1CCC2(CC1)CC(Oc1cnccn1)CCO2. The van der Waals surface area contributed by atoms with E-state index in [-0.39, 0.29) is 23.4 Å². The van der Waals surface area contributed by atoms with E-state index in [1.165, 1.54) is 18.3 Å². The van der Waals surface area contributed by atoms with Crippen LogP contribution in [0, 0.1) is 5.82 Å². The summed E-state index contributed by atoms with van der Waals surface area (Å²) in [7, 11) is 0. The van der Waals surface area contributed by atoms with E-state index >= 15 is 0 Å². The van der Waals surface area contributed by atoms with Crippen LogP contribution in [0.15, 0.2) is 49.1 Å². The topological polar surface area (TPSA) is 93.2 Å². The number of H-pyrrole nitrogens is 1. The molecule has 2 saturated heterocycles. The van der Waals surface area contributed by atoms with Crippen LogP contribution in [0.4, 0.5) is 4.39 Å². The molecule has 1 N–H and O–H groups in total. The van der Waals surface area contributed by atoms with Gasteiger partial charge in [-0.3, -0.25) is 14.9 Å². The summed E-state index contributed by atoms with van der Waals surface area (Å²) in [4.78, 5) is 23.3. The molecule has 2 fully saturated rings. The maximum absolute atomic E-state index is 13.3. The summed E-state index contributed by atoms with van der Waals surface area (Å²) in [6, 6.07) is 6.01. The van der Waals surface area contributed by atoms with Gasteiger partial charge in [-0.2, -0.15) is 5.10 Å². The van der Waals surface area contributed by atoms with Gasteiger partial charge in [-0.25, -0.2) is 9.37 Å². The first kappa shape index (κ1) is 20.6. The highest BCUT2D eigenvalue weighted by Gasteiger charge is 2.42. The van der Waals surface area contributed by atoms with Crippen molar-refractivity contribution in [2.75, 3.05) is 19.7 Å². The molecule has 1 amide bonds. The molecule has 2 aliphatic heterocycles. The fraction of sp³-hybridized carbons (Fsp3) is 0.391. The predicted molar refractivity (Wildman–Crippen MR) is 113 cm³/mol. The summed E-state index contributed by atoms with van der Waals surface area (Å²) >= 11 is 0. The maximum atomic E-state index is 13.3. The number of hydrogen-bond acceptors (Lipinski definition) is 6. The fourth-order valence-corrected chi connectivity index (χ4v) is 4.52. The van der Waals surface area contributed by atoms with Crippen LogP contribution in [-0.4, -0.2) is 62.4 Å². The molecule has 0 radical (unpaired) electrons. The fourth-order valence-electron chi connectivity index (χ4n) is 4.52. The molecule has 1 atom stereocenters. The number of ether oxygens (including phenoxy) is 2. The number of benzene rings is 1. The third-order valence-electron chi connectivity index (χ3n) is 6.24. The molecule has 9 heteroatoms. The summed E-state index contributed by atoms with van der Waals surface area (Å²) in [6.45, 7) is 1.80. The van der Waals surface area contributed by atoms with E-state index in [4.69, 9.17) is 9.47 Å². The van der Waals surface area contributed by atoms with Crippen molar-refractivity contribution in [1.29, 1.82) is 0 Å². The van der Waals surface area contributed by atoms with E-state index in [2.05, 4.69) is 20.2 Å². The number of aromatic nitrogens is 4. The second kappa shape index (κ2) is 8.66. The number of likely N-dealkylation sites (tertiary alicyclic amines) is 1. The van der Waals surface area contributed by atoms with Crippen molar-refractivity contribution < 1.29 is 18.7 Å². The first-order chi connectivity index (χ1) is 15.6. The van der Waals surface area contributed by atoms with Gasteiger partial charge in [-0.1, -0.05) is 0 Å². The second-order valence-corrected chi connectivity index (χ2v) is 8.27. The summed E-state index contributed by atoms with van der Waals surface area (Å²) in [5.74, 6) is 0.114. The van der Waals surface area contributed by atoms with Gasteiger partial charge in [0.1, 0.15) is 11.9 Å². The van der Waals surface area contributed by atoms with E-state index < -0.39 is 0 Å². The van der Waals surface area contributed by atoms with Gasteiger partial charge in [0, 0.05) is 43.9 Å². The summed E-state index contributed by atoms with van der Waals surface area (Å²) in [6.07, 6.45) is 9.44. The normalized spacial score (nSPS) is 20.3. The molecule has 5 rings (SSSR count). The molecule has 2 aromatic heterocycles. The molecule has 1 aromatic carbocycles. The van der Waals surface area contributed by atoms with Crippen LogP contribution in [0.2, 0.25) is 0 Å². The van der Waals surface area contributed by atoms with Crippen molar-refractivity contribution in [3.05, 3.63) is 60.4 Å². The number of nitrogens with zero attached hydrogens (tertiary/aromatic N) is 4. The first-order valence-electron chi connectivity index (χ1n) is 10.8. The molecule has 166 valence electrons. The number of amides is 1. The number of piperidine rings is 1. The monoisotopic (exact) mass is 437 g/mol. The van der Waals surface area contributed by atoms with Crippen molar-refractivity contribution in [3.63, 3.8) is 0 Å². The number of carbonyl (C=O) groups is 1. The quantitative estimate of drug-likeness (QED) is 0.674. The number of nitrogens with one attached hydrogen (secondary N) is 1. The first-order valence-corrected chi connectivity index (χ1v) is 10.8. The molecular formula is C23H24FN5O3. The molecule has 8 nitrogen and oxygen atoms in total. The van der Waals surface area contributed by atoms with E-state index in [1.807, 2.05) is 4.90 Å². The smallest absolute Gasteiger partial charge is 0.257 e. The standard InChI is InChI=1S/C23H24FN5O3/c24-17-3-1-16(2-4-17)21-19(14-27-28-21)22(30)29-10-6-23(7-11-29)13-18(5-12-31-23)32-20-15-25-8-9-26-20/h1-4,8-9,14-15,18H,5-7,10-13H2,(H,27,28). The van der Waals surface area contributed by atoms with Crippen molar-refractivity contribution in [1.82, 2.24) is 25.1 Å². The van der Waals surface area contributed by atoms with E-state index in [9.17, 15) is 9.18 Å². The van der Waals surface area contributed by atoms with Crippen molar-refractivity contribution in [2.24, 2.45) is 0 Å². The Morgan fingerprint density at radius 1 is 1.19 bits per heavy atom. The predicted octanol–water partition coefficient (Wildman–Crippen LogP) is 3.24. The lowest BCUT2D eigenvalue weighted by atomic mass is 9.83. The minimum absolute atomic E-state index is 0.0154. The molecule has 32 heavy (non-hydrogen) atoms. The Hall–Kier alpha value is -3.33. The number of carbonyl (C=O) groups excluding carboxylic acids is 1. The Kier molecular flexibility index (Phi) is 5.57. The summed E-state index contributed by atoms with van der Waals surface area (Å²) in [5, 5.41) is 6.93. The molecule has 0 aliphatic carbocycles. The van der Waals surface area contributed by atoms with Crippen molar-refractivity contribution in [3.8, 4) is 17.1 Å². The molecule has 1 spiro atoms. The Morgan fingerprint density at radius 3 is 2.75 bits per heavy atom. The number of halogens is 1. The van der Waals surface area contributed by atoms with Gasteiger partial charge in [0.2, 0.25) is 5.88 Å². The van der Waals surface area contributed by atoms with E-state index in [0.29, 0.717) is 36.8 Å². The van der Waals surface area contributed by atoms with Crippen molar-refractivity contribution >= 4 is 5.91 Å².